The Morgan fingerprint density at radius 3 is 2.71 bits per heavy atom. The van der Waals surface area contributed by atoms with Gasteiger partial charge < -0.3 is 10.6 Å². The third-order valence-electron chi connectivity index (χ3n) is 5.89. The van der Waals surface area contributed by atoms with Crippen molar-refractivity contribution in [3.63, 3.8) is 0 Å². The number of hydrogen-bond acceptors (Lipinski definition) is 6. The number of fused-ring (bicyclic) bond motifs is 1. The average molecular weight is 384 g/mol. The summed E-state index contributed by atoms with van der Waals surface area (Å²) in [5.41, 5.74) is 1.45. The first-order valence-electron chi connectivity index (χ1n) is 9.75. The predicted octanol–water partition coefficient (Wildman–Crippen LogP) is 0.175. The summed E-state index contributed by atoms with van der Waals surface area (Å²) in [4.78, 5) is 50.5. The highest BCUT2D eigenvalue weighted by Crippen LogP contribution is 2.30. The van der Waals surface area contributed by atoms with E-state index in [1.54, 1.807) is 12.1 Å². The van der Waals surface area contributed by atoms with E-state index in [1.807, 2.05) is 6.07 Å². The van der Waals surface area contributed by atoms with Gasteiger partial charge in [0.2, 0.25) is 11.8 Å². The van der Waals surface area contributed by atoms with Crippen molar-refractivity contribution >= 4 is 23.6 Å². The highest BCUT2D eigenvalue weighted by molar-refractivity contribution is 6.24. The second-order valence-electron chi connectivity index (χ2n) is 7.74. The molecule has 3 aliphatic heterocycles. The van der Waals surface area contributed by atoms with Gasteiger partial charge in [0.05, 0.1) is 11.1 Å². The van der Waals surface area contributed by atoms with Crippen LogP contribution in [0.1, 0.15) is 52.5 Å². The maximum absolute atomic E-state index is 13.1. The van der Waals surface area contributed by atoms with Gasteiger partial charge in [0, 0.05) is 19.0 Å². The van der Waals surface area contributed by atoms with E-state index in [2.05, 4.69) is 22.9 Å². The van der Waals surface area contributed by atoms with E-state index in [0.29, 0.717) is 29.6 Å². The van der Waals surface area contributed by atoms with E-state index in [9.17, 15) is 19.2 Å². The number of nitrogens with one attached hydrogen (secondary N) is 3. The molecule has 3 atom stereocenters. The van der Waals surface area contributed by atoms with Crippen LogP contribution in [0.5, 0.6) is 0 Å². The number of piperidine rings is 2. The first-order valence-corrected chi connectivity index (χ1v) is 9.75. The van der Waals surface area contributed by atoms with Gasteiger partial charge in [0.25, 0.3) is 11.8 Å². The van der Waals surface area contributed by atoms with Gasteiger partial charge in [-0.25, -0.2) is 0 Å². The van der Waals surface area contributed by atoms with Crippen LogP contribution in [0.25, 0.3) is 0 Å². The Balaban J connectivity index is 1.56. The van der Waals surface area contributed by atoms with Gasteiger partial charge in [0.15, 0.2) is 0 Å². The van der Waals surface area contributed by atoms with Crippen LogP contribution in [0.3, 0.4) is 0 Å². The molecule has 3 heterocycles. The SMILES string of the molecule is CC1CNCCC1NCc1cccc2c1C(=O)N(C1CCC(=O)NC1=O)C2=O. The fourth-order valence-corrected chi connectivity index (χ4v) is 4.29. The van der Waals surface area contributed by atoms with Crippen LogP contribution < -0.4 is 16.0 Å². The Bertz CT molecular complexity index is 853. The lowest BCUT2D eigenvalue weighted by molar-refractivity contribution is -0.136. The molecule has 0 spiro atoms. The fraction of sp³-hybridized carbons (Fsp3) is 0.500. The maximum Gasteiger partial charge on any atom is 0.262 e. The first-order chi connectivity index (χ1) is 13.5. The van der Waals surface area contributed by atoms with E-state index >= 15 is 0 Å². The molecule has 28 heavy (non-hydrogen) atoms. The number of nitrogens with zero attached hydrogens (tertiary/aromatic N) is 1. The zero-order valence-electron chi connectivity index (χ0n) is 15.8. The Morgan fingerprint density at radius 1 is 1.14 bits per heavy atom. The normalized spacial score (nSPS) is 27.8. The average Bonchev–Trinajstić information content (AvgIpc) is 2.93. The summed E-state index contributed by atoms with van der Waals surface area (Å²) in [6.07, 6.45) is 1.29. The minimum absolute atomic E-state index is 0.117. The van der Waals surface area contributed by atoms with Crippen LogP contribution in [0.15, 0.2) is 18.2 Å². The van der Waals surface area contributed by atoms with E-state index < -0.39 is 23.8 Å². The predicted molar refractivity (Wildman–Crippen MR) is 100 cm³/mol. The zero-order valence-corrected chi connectivity index (χ0v) is 15.8. The van der Waals surface area contributed by atoms with Gasteiger partial charge in [-0.2, -0.15) is 0 Å². The molecule has 4 amide bonds. The van der Waals surface area contributed by atoms with Crippen LogP contribution in [-0.4, -0.2) is 53.7 Å². The number of benzene rings is 1. The maximum atomic E-state index is 13.1. The molecule has 0 aromatic heterocycles. The number of amides is 4. The molecule has 0 saturated carbocycles. The van der Waals surface area contributed by atoms with Crippen molar-refractivity contribution in [2.45, 2.75) is 44.8 Å². The minimum atomic E-state index is -0.935. The van der Waals surface area contributed by atoms with Crippen molar-refractivity contribution in [1.29, 1.82) is 0 Å². The summed E-state index contributed by atoms with van der Waals surface area (Å²) < 4.78 is 0. The molecule has 8 heteroatoms. The summed E-state index contributed by atoms with van der Waals surface area (Å²) >= 11 is 0. The second kappa shape index (κ2) is 7.44. The molecule has 148 valence electrons. The molecule has 3 N–H and O–H groups in total. The van der Waals surface area contributed by atoms with E-state index in [0.717, 1.165) is 30.0 Å². The van der Waals surface area contributed by atoms with Gasteiger partial charge in [-0.1, -0.05) is 19.1 Å². The van der Waals surface area contributed by atoms with Crippen molar-refractivity contribution in [3.05, 3.63) is 34.9 Å². The van der Waals surface area contributed by atoms with Gasteiger partial charge >= 0.3 is 0 Å². The Morgan fingerprint density at radius 2 is 1.96 bits per heavy atom. The molecule has 1 aromatic carbocycles. The first kappa shape index (κ1) is 18.8. The van der Waals surface area contributed by atoms with Crippen molar-refractivity contribution in [3.8, 4) is 0 Å². The summed E-state index contributed by atoms with van der Waals surface area (Å²) in [6, 6.07) is 4.64. The molecular formula is C20H24N4O4. The summed E-state index contributed by atoms with van der Waals surface area (Å²) in [5, 5.41) is 9.09. The van der Waals surface area contributed by atoms with Crippen LogP contribution in [-0.2, 0) is 16.1 Å². The second-order valence-corrected chi connectivity index (χ2v) is 7.74. The number of rotatable bonds is 4. The quantitative estimate of drug-likeness (QED) is 0.639. The number of hydrogen-bond donors (Lipinski definition) is 3. The lowest BCUT2D eigenvalue weighted by Gasteiger charge is -2.30. The van der Waals surface area contributed by atoms with Crippen molar-refractivity contribution in [1.82, 2.24) is 20.9 Å². The Kier molecular flexibility index (Phi) is 4.99. The standard InChI is InChI=1S/C20H24N4O4/c1-11-9-21-8-7-14(11)22-10-12-3-2-4-13-17(12)20(28)24(19(13)27)15-5-6-16(25)23-18(15)26/h2-4,11,14-15,21-22H,5-10H2,1H3,(H,23,25,26). The summed E-state index contributed by atoms with van der Waals surface area (Å²) in [5.74, 6) is -1.41. The van der Waals surface area contributed by atoms with Crippen LogP contribution in [0.4, 0.5) is 0 Å². The molecule has 0 radical (unpaired) electrons. The third kappa shape index (κ3) is 3.22. The van der Waals surface area contributed by atoms with Crippen molar-refractivity contribution in [2.75, 3.05) is 13.1 Å². The van der Waals surface area contributed by atoms with E-state index in [-0.39, 0.29) is 18.7 Å². The lowest BCUT2D eigenvalue weighted by Crippen LogP contribution is -2.54. The topological polar surface area (TPSA) is 108 Å². The van der Waals surface area contributed by atoms with Crippen molar-refractivity contribution < 1.29 is 19.2 Å². The number of imide groups is 2. The lowest BCUT2D eigenvalue weighted by atomic mass is 9.94. The highest BCUT2D eigenvalue weighted by Gasteiger charge is 2.45. The monoisotopic (exact) mass is 384 g/mol. The molecule has 4 rings (SSSR count). The molecule has 0 aliphatic carbocycles. The molecule has 2 fully saturated rings. The molecule has 3 aliphatic rings. The van der Waals surface area contributed by atoms with Gasteiger partial charge in [-0.15, -0.1) is 0 Å². The third-order valence-corrected chi connectivity index (χ3v) is 5.89. The molecule has 0 bridgehead atoms. The number of carbonyl (C=O) groups is 4. The molecular weight excluding hydrogens is 360 g/mol. The summed E-state index contributed by atoms with van der Waals surface area (Å²) in [7, 11) is 0. The molecule has 3 unspecified atom stereocenters. The van der Waals surface area contributed by atoms with Gasteiger partial charge in [0.1, 0.15) is 6.04 Å². The van der Waals surface area contributed by atoms with E-state index in [4.69, 9.17) is 0 Å². The largest absolute Gasteiger partial charge is 0.316 e. The zero-order chi connectivity index (χ0) is 19.8. The van der Waals surface area contributed by atoms with Gasteiger partial charge in [-0.3, -0.25) is 29.4 Å². The van der Waals surface area contributed by atoms with Crippen LogP contribution >= 0.6 is 0 Å². The Hall–Kier alpha value is -2.58. The molecule has 2 saturated heterocycles. The van der Waals surface area contributed by atoms with E-state index in [1.165, 1.54) is 0 Å². The Labute approximate surface area is 163 Å². The van der Waals surface area contributed by atoms with Crippen molar-refractivity contribution in [2.24, 2.45) is 5.92 Å². The molecule has 8 nitrogen and oxygen atoms in total. The number of carbonyl (C=O) groups excluding carboxylic acids is 4. The molecule has 1 aromatic rings. The highest BCUT2D eigenvalue weighted by atomic mass is 16.2. The minimum Gasteiger partial charge on any atom is -0.316 e. The summed E-state index contributed by atoms with van der Waals surface area (Å²) in [6.45, 7) is 4.57. The van der Waals surface area contributed by atoms with Gasteiger partial charge in [-0.05, 0) is 43.5 Å². The van der Waals surface area contributed by atoms with Crippen LogP contribution in [0.2, 0.25) is 0 Å². The van der Waals surface area contributed by atoms with Crippen LogP contribution in [0, 0.1) is 5.92 Å². The fourth-order valence-electron chi connectivity index (χ4n) is 4.29. The smallest absolute Gasteiger partial charge is 0.262 e.